The summed E-state index contributed by atoms with van der Waals surface area (Å²) in [6.45, 7) is 2.72. The van der Waals surface area contributed by atoms with Crippen LogP contribution < -0.4 is 22.0 Å². The predicted octanol–water partition coefficient (Wildman–Crippen LogP) is 2.67. The fourth-order valence-corrected chi connectivity index (χ4v) is 4.44. The Balaban J connectivity index is 0.00000481. The maximum absolute atomic E-state index is 13.1. The molecule has 1 atom stereocenters. The fourth-order valence-electron chi connectivity index (χ4n) is 4.44. The molecule has 1 aliphatic heterocycles. The highest BCUT2D eigenvalue weighted by atomic mass is 35.5. The normalized spacial score (nSPS) is 14.8. The van der Waals surface area contributed by atoms with Crippen molar-refractivity contribution in [1.82, 2.24) is 0 Å². The van der Waals surface area contributed by atoms with Gasteiger partial charge in [-0.25, -0.2) is 9.69 Å². The number of benzene rings is 2. The first-order chi connectivity index (χ1) is 17.3. The first kappa shape index (κ1) is 30.6. The van der Waals surface area contributed by atoms with E-state index in [1.165, 1.54) is 44.2 Å². The number of hydrogen-bond acceptors (Lipinski definition) is 3. The summed E-state index contributed by atoms with van der Waals surface area (Å²) in [6.07, 6.45) is 4.91. The maximum atomic E-state index is 13.1. The van der Waals surface area contributed by atoms with E-state index in [4.69, 9.17) is 9.47 Å². The Kier molecular flexibility index (Phi) is 12.4. The summed E-state index contributed by atoms with van der Waals surface area (Å²) in [6, 6.07) is 12.5. The lowest BCUT2D eigenvalue weighted by Gasteiger charge is -2.13. The lowest BCUT2D eigenvalue weighted by Crippen LogP contribution is -3.11. The van der Waals surface area contributed by atoms with Crippen molar-refractivity contribution in [3.63, 3.8) is 0 Å². The highest BCUT2D eigenvalue weighted by molar-refractivity contribution is 5.82. The number of nitrogens with zero attached hydrogens (tertiary/aromatic N) is 1. The zero-order chi connectivity index (χ0) is 26.0. The van der Waals surface area contributed by atoms with Crippen LogP contribution in [0.15, 0.2) is 48.5 Å². The van der Waals surface area contributed by atoms with Gasteiger partial charge in [-0.2, -0.15) is 13.2 Å². The van der Waals surface area contributed by atoms with E-state index in [1.54, 1.807) is 0 Å². The van der Waals surface area contributed by atoms with Crippen LogP contribution in [-0.2, 0) is 15.7 Å². The first-order valence-electron chi connectivity index (χ1n) is 12.8. The van der Waals surface area contributed by atoms with Gasteiger partial charge in [0.05, 0.1) is 12.2 Å². The number of carbonyl (C=O) groups excluding carboxylic acids is 1. The smallest absolute Gasteiger partial charge is 0.416 e. The Labute approximate surface area is 223 Å². The van der Waals surface area contributed by atoms with E-state index in [0.29, 0.717) is 6.61 Å². The van der Waals surface area contributed by atoms with Gasteiger partial charge in [0.2, 0.25) is 12.3 Å². The predicted molar refractivity (Wildman–Crippen MR) is 133 cm³/mol. The molecule has 2 aromatic carbocycles. The number of ether oxygens (including phenoxy) is 2. The molecule has 0 amide bonds. The lowest BCUT2D eigenvalue weighted by atomic mass is 10.1. The average molecular weight is 542 g/mol. The van der Waals surface area contributed by atoms with Crippen LogP contribution in [0.4, 0.5) is 24.5 Å². The molecule has 1 N–H and O–H groups in total. The molecule has 204 valence electrons. The number of para-hydroxylation sites is 2. The van der Waals surface area contributed by atoms with Crippen LogP contribution >= 0.6 is 0 Å². The molecule has 3 rings (SSSR count). The van der Waals surface area contributed by atoms with Gasteiger partial charge >= 0.3 is 18.0 Å². The molecule has 0 saturated carbocycles. The van der Waals surface area contributed by atoms with Crippen LogP contribution in [0.25, 0.3) is 0 Å². The van der Waals surface area contributed by atoms with Gasteiger partial charge < -0.3 is 21.9 Å². The number of carbonyl (C=O) groups is 1. The summed E-state index contributed by atoms with van der Waals surface area (Å²) in [5.41, 5.74) is 1.07. The van der Waals surface area contributed by atoms with Crippen molar-refractivity contribution in [2.75, 3.05) is 26.8 Å². The average Bonchev–Trinajstić information content (AvgIpc) is 3.12. The Hall–Kier alpha value is -2.58. The number of alkyl halides is 3. The van der Waals surface area contributed by atoms with E-state index in [2.05, 4.69) is 6.92 Å². The number of quaternary nitrogens is 1. The number of amidine groups is 1. The zero-order valence-corrected chi connectivity index (χ0v) is 22.3. The van der Waals surface area contributed by atoms with E-state index in [1.807, 2.05) is 35.9 Å². The summed E-state index contributed by atoms with van der Waals surface area (Å²) in [4.78, 5) is 13.4. The molecule has 5 nitrogen and oxygen atoms in total. The second kappa shape index (κ2) is 15.0. The van der Waals surface area contributed by atoms with Crippen molar-refractivity contribution >= 4 is 23.2 Å². The number of hydrogen-bond donors (Lipinski definition) is 1. The molecular formula is C28H37ClF3N2O3+. The minimum atomic E-state index is -4.44. The summed E-state index contributed by atoms with van der Waals surface area (Å²) >= 11 is 0. The van der Waals surface area contributed by atoms with Crippen LogP contribution in [0.1, 0.15) is 63.9 Å². The number of halogens is 4. The summed E-state index contributed by atoms with van der Waals surface area (Å²) in [5, 5.41) is 0. The second-order valence-electron chi connectivity index (χ2n) is 9.19. The molecule has 0 aromatic heterocycles. The SMILES string of the molecule is CCCCCCCCCCOC(=O)C[NH+]1C(COc2cccc(C(F)(F)F)c2)=[N+](C)c2ccccc21.[Cl-]. The minimum absolute atomic E-state index is 0. The molecule has 9 heteroatoms. The molecule has 0 radical (unpaired) electrons. The van der Waals surface area contributed by atoms with Gasteiger partial charge in [0.25, 0.3) is 5.69 Å². The van der Waals surface area contributed by atoms with Gasteiger partial charge in [-0.15, -0.1) is 4.58 Å². The quantitative estimate of drug-likeness (QED) is 0.227. The Bertz CT molecular complexity index is 1040. The van der Waals surface area contributed by atoms with Crippen LogP contribution in [0.5, 0.6) is 5.75 Å². The third kappa shape index (κ3) is 9.04. The molecule has 0 spiro atoms. The van der Waals surface area contributed by atoms with Crippen molar-refractivity contribution < 1.29 is 49.3 Å². The highest BCUT2D eigenvalue weighted by Crippen LogP contribution is 2.31. The van der Waals surface area contributed by atoms with E-state index in [0.717, 1.165) is 53.5 Å². The molecule has 1 aliphatic rings. The molecule has 1 heterocycles. The minimum Gasteiger partial charge on any atom is -1.00 e. The summed E-state index contributed by atoms with van der Waals surface area (Å²) in [7, 11) is 1.86. The van der Waals surface area contributed by atoms with Crippen LogP contribution in [-0.4, -0.2) is 43.2 Å². The third-order valence-electron chi connectivity index (χ3n) is 6.46. The van der Waals surface area contributed by atoms with Crippen LogP contribution in [0, 0.1) is 0 Å². The third-order valence-corrected chi connectivity index (χ3v) is 6.46. The zero-order valence-electron chi connectivity index (χ0n) is 21.6. The van der Waals surface area contributed by atoms with Crippen molar-refractivity contribution in [2.24, 2.45) is 0 Å². The second-order valence-corrected chi connectivity index (χ2v) is 9.19. The number of fused-ring (bicyclic) bond motifs is 1. The van der Waals surface area contributed by atoms with Gasteiger partial charge in [0, 0.05) is 12.1 Å². The number of rotatable bonds is 14. The first-order valence-corrected chi connectivity index (χ1v) is 12.8. The molecule has 0 saturated heterocycles. The monoisotopic (exact) mass is 541 g/mol. The maximum Gasteiger partial charge on any atom is 0.416 e. The van der Waals surface area contributed by atoms with E-state index in [9.17, 15) is 18.0 Å². The summed E-state index contributed by atoms with van der Waals surface area (Å²) < 4.78 is 52.4. The number of unbranched alkanes of at least 4 members (excludes halogenated alkanes) is 7. The van der Waals surface area contributed by atoms with Gasteiger partial charge in [-0.05, 0) is 24.6 Å². The largest absolute Gasteiger partial charge is 1.00 e. The molecule has 0 aliphatic carbocycles. The molecule has 0 fully saturated rings. The van der Waals surface area contributed by atoms with Crippen molar-refractivity contribution in [3.05, 3.63) is 54.1 Å². The standard InChI is InChI=1S/C28H36F3N2O3.ClH/c1-3-4-5-6-7-8-9-12-18-35-27(34)20-33-25-17-11-10-16-24(25)32(2)26(33)21-36-23-15-13-14-22(19-23)28(29,30)31;/h10-11,13-17,19H,3-9,12,18,20-21H2,1-2H3;1H/q+1;. The number of esters is 1. The van der Waals surface area contributed by atoms with Crippen LogP contribution in [0.3, 0.4) is 0 Å². The molecule has 37 heavy (non-hydrogen) atoms. The fraction of sp³-hybridized carbons (Fsp3) is 0.500. The Morgan fingerprint density at radius 2 is 1.62 bits per heavy atom. The van der Waals surface area contributed by atoms with Gasteiger partial charge in [0.15, 0.2) is 6.54 Å². The van der Waals surface area contributed by atoms with Gasteiger partial charge in [-0.1, -0.05) is 70.1 Å². The molecule has 2 aromatic rings. The van der Waals surface area contributed by atoms with Gasteiger partial charge in [-0.3, -0.25) is 0 Å². The van der Waals surface area contributed by atoms with Crippen molar-refractivity contribution in [2.45, 2.75) is 64.5 Å². The van der Waals surface area contributed by atoms with Crippen molar-refractivity contribution in [1.29, 1.82) is 0 Å². The van der Waals surface area contributed by atoms with Gasteiger partial charge in [0.1, 0.15) is 12.8 Å². The van der Waals surface area contributed by atoms with Crippen LogP contribution in [0.2, 0.25) is 0 Å². The molecular weight excluding hydrogens is 505 g/mol. The van der Waals surface area contributed by atoms with E-state index < -0.39 is 11.7 Å². The number of nitrogens with one attached hydrogen (secondary N) is 1. The Morgan fingerprint density at radius 1 is 0.946 bits per heavy atom. The van der Waals surface area contributed by atoms with E-state index in [-0.39, 0.29) is 37.3 Å². The van der Waals surface area contributed by atoms with Crippen molar-refractivity contribution in [3.8, 4) is 5.75 Å². The topological polar surface area (TPSA) is 43.0 Å². The lowest BCUT2D eigenvalue weighted by molar-refractivity contribution is -0.735. The highest BCUT2D eigenvalue weighted by Gasteiger charge is 2.42. The molecule has 1 unspecified atom stereocenters. The molecule has 0 bridgehead atoms. The van der Waals surface area contributed by atoms with E-state index >= 15 is 0 Å². The Morgan fingerprint density at radius 3 is 2.32 bits per heavy atom. The summed E-state index contributed by atoms with van der Waals surface area (Å²) in [5.74, 6) is 0.547.